The fourth-order valence-electron chi connectivity index (χ4n) is 3.43. The van der Waals surface area contributed by atoms with Crippen LogP contribution in [0, 0.1) is 6.92 Å². The van der Waals surface area contributed by atoms with Crippen LogP contribution in [0.25, 0.3) is 11.1 Å². The van der Waals surface area contributed by atoms with Crippen molar-refractivity contribution in [2.45, 2.75) is 45.2 Å². The smallest absolute Gasteiger partial charge is 0.408 e. The van der Waals surface area contributed by atoms with Crippen molar-refractivity contribution in [3.63, 3.8) is 0 Å². The molecular formula is C18H20N4O3. The van der Waals surface area contributed by atoms with Crippen LogP contribution in [-0.2, 0) is 24.2 Å². The standard InChI is InChI=1S/C18H20N4O3/c1-11-2-5-16-15(8-11)22(18(24)25-16)7-6-17(23)20-13-4-3-12-10-19-21-14(12)9-13/h2,5,8,10,13H,3-4,6-7,9H2,1H3,(H,19,21)(H,20,23). The quantitative estimate of drug-likeness (QED) is 0.756. The van der Waals surface area contributed by atoms with Crippen molar-refractivity contribution in [1.82, 2.24) is 20.1 Å². The molecule has 0 spiro atoms. The number of hydrogen-bond donors (Lipinski definition) is 2. The van der Waals surface area contributed by atoms with E-state index in [0.717, 1.165) is 36.0 Å². The van der Waals surface area contributed by atoms with E-state index in [1.807, 2.05) is 25.3 Å². The summed E-state index contributed by atoms with van der Waals surface area (Å²) in [6, 6.07) is 5.70. The van der Waals surface area contributed by atoms with E-state index in [1.54, 1.807) is 6.07 Å². The van der Waals surface area contributed by atoms with Crippen molar-refractivity contribution >= 4 is 17.0 Å². The van der Waals surface area contributed by atoms with Gasteiger partial charge in [-0.2, -0.15) is 5.10 Å². The molecule has 130 valence electrons. The van der Waals surface area contributed by atoms with E-state index in [1.165, 1.54) is 10.1 Å². The summed E-state index contributed by atoms with van der Waals surface area (Å²) in [7, 11) is 0. The number of hydrogen-bond acceptors (Lipinski definition) is 4. The van der Waals surface area contributed by atoms with Crippen molar-refractivity contribution in [1.29, 1.82) is 0 Å². The van der Waals surface area contributed by atoms with E-state index < -0.39 is 5.76 Å². The number of aryl methyl sites for hydroxylation is 3. The Morgan fingerprint density at radius 2 is 2.36 bits per heavy atom. The highest BCUT2D eigenvalue weighted by Gasteiger charge is 2.21. The third-order valence-electron chi connectivity index (χ3n) is 4.77. The maximum absolute atomic E-state index is 12.3. The Morgan fingerprint density at radius 1 is 1.48 bits per heavy atom. The van der Waals surface area contributed by atoms with Crippen molar-refractivity contribution in [3.8, 4) is 0 Å². The van der Waals surface area contributed by atoms with Crippen LogP contribution in [0.1, 0.15) is 29.7 Å². The molecule has 1 aliphatic carbocycles. The number of fused-ring (bicyclic) bond motifs is 2. The van der Waals surface area contributed by atoms with Gasteiger partial charge in [0.15, 0.2) is 5.58 Å². The van der Waals surface area contributed by atoms with Crippen LogP contribution < -0.4 is 11.1 Å². The molecule has 0 fully saturated rings. The predicted octanol–water partition coefficient (Wildman–Crippen LogP) is 1.69. The van der Waals surface area contributed by atoms with Crippen LogP contribution in [0.5, 0.6) is 0 Å². The van der Waals surface area contributed by atoms with Crippen LogP contribution in [-0.4, -0.2) is 26.7 Å². The molecule has 0 saturated heterocycles. The lowest BCUT2D eigenvalue weighted by atomic mass is 9.94. The summed E-state index contributed by atoms with van der Waals surface area (Å²) in [6.45, 7) is 2.27. The molecule has 2 heterocycles. The first-order chi connectivity index (χ1) is 12.1. The number of carbonyl (C=O) groups is 1. The van der Waals surface area contributed by atoms with Crippen molar-refractivity contribution in [2.24, 2.45) is 0 Å². The van der Waals surface area contributed by atoms with Crippen molar-refractivity contribution in [2.75, 3.05) is 0 Å². The highest BCUT2D eigenvalue weighted by Crippen LogP contribution is 2.19. The minimum Gasteiger partial charge on any atom is -0.408 e. The molecule has 25 heavy (non-hydrogen) atoms. The second-order valence-electron chi connectivity index (χ2n) is 6.62. The number of amides is 1. The van der Waals surface area contributed by atoms with Gasteiger partial charge in [0.25, 0.3) is 0 Å². The zero-order chi connectivity index (χ0) is 17.4. The molecule has 0 saturated carbocycles. The van der Waals surface area contributed by atoms with Gasteiger partial charge in [0.1, 0.15) is 0 Å². The Balaban J connectivity index is 1.40. The van der Waals surface area contributed by atoms with Crippen LogP contribution in [0.4, 0.5) is 0 Å². The van der Waals surface area contributed by atoms with Crippen LogP contribution >= 0.6 is 0 Å². The summed E-state index contributed by atoms with van der Waals surface area (Å²) in [4.78, 5) is 24.3. The summed E-state index contributed by atoms with van der Waals surface area (Å²) >= 11 is 0. The fourth-order valence-corrected chi connectivity index (χ4v) is 3.43. The molecular weight excluding hydrogens is 320 g/mol. The van der Waals surface area contributed by atoms with Crippen LogP contribution in [0.3, 0.4) is 0 Å². The van der Waals surface area contributed by atoms with Crippen LogP contribution in [0.2, 0.25) is 0 Å². The van der Waals surface area contributed by atoms with Gasteiger partial charge in [-0.1, -0.05) is 6.07 Å². The molecule has 1 unspecified atom stereocenters. The maximum Gasteiger partial charge on any atom is 0.419 e. The Hall–Kier alpha value is -2.83. The van der Waals surface area contributed by atoms with Gasteiger partial charge in [0.05, 0.1) is 11.7 Å². The molecule has 3 aromatic rings. The highest BCUT2D eigenvalue weighted by atomic mass is 16.4. The number of benzene rings is 1. The number of nitrogens with one attached hydrogen (secondary N) is 2. The molecule has 2 aromatic heterocycles. The number of aromatic amines is 1. The van der Waals surface area contributed by atoms with Crippen molar-refractivity contribution in [3.05, 3.63) is 51.8 Å². The summed E-state index contributed by atoms with van der Waals surface area (Å²) in [6.07, 6.45) is 4.70. The first kappa shape index (κ1) is 15.7. The lowest BCUT2D eigenvalue weighted by molar-refractivity contribution is -0.122. The largest absolute Gasteiger partial charge is 0.419 e. The van der Waals surface area contributed by atoms with E-state index in [2.05, 4.69) is 15.5 Å². The van der Waals surface area contributed by atoms with Gasteiger partial charge in [-0.25, -0.2) is 4.79 Å². The highest BCUT2D eigenvalue weighted by molar-refractivity contribution is 5.77. The maximum atomic E-state index is 12.3. The number of oxazole rings is 1. The van der Waals surface area contributed by atoms with E-state index in [9.17, 15) is 9.59 Å². The molecule has 1 atom stereocenters. The average molecular weight is 340 g/mol. The number of aromatic nitrogens is 3. The minimum atomic E-state index is -0.423. The second-order valence-corrected chi connectivity index (χ2v) is 6.62. The molecule has 0 radical (unpaired) electrons. The number of nitrogens with zero attached hydrogens (tertiary/aromatic N) is 2. The van der Waals surface area contributed by atoms with Gasteiger partial charge in [-0.3, -0.25) is 14.5 Å². The second kappa shape index (κ2) is 6.23. The summed E-state index contributed by atoms with van der Waals surface area (Å²) in [5.41, 5.74) is 4.66. The molecule has 0 aliphatic heterocycles. The van der Waals surface area contributed by atoms with Gasteiger partial charge in [0.2, 0.25) is 5.91 Å². The van der Waals surface area contributed by atoms with E-state index >= 15 is 0 Å². The summed E-state index contributed by atoms with van der Waals surface area (Å²) in [5, 5.41) is 10.1. The normalized spacial score (nSPS) is 16.8. The van der Waals surface area contributed by atoms with Gasteiger partial charge >= 0.3 is 5.76 Å². The number of carbonyl (C=O) groups excluding carboxylic acids is 1. The minimum absolute atomic E-state index is 0.0538. The van der Waals surface area contributed by atoms with Gasteiger partial charge in [-0.05, 0) is 43.0 Å². The van der Waals surface area contributed by atoms with Gasteiger partial charge in [0, 0.05) is 31.1 Å². The summed E-state index contributed by atoms with van der Waals surface area (Å²) in [5.74, 6) is -0.477. The molecule has 7 heteroatoms. The summed E-state index contributed by atoms with van der Waals surface area (Å²) < 4.78 is 6.75. The fraction of sp³-hybridized carbons (Fsp3) is 0.389. The Kier molecular flexibility index (Phi) is 3.91. The zero-order valence-electron chi connectivity index (χ0n) is 14.0. The Bertz CT molecular complexity index is 982. The van der Waals surface area contributed by atoms with Gasteiger partial charge < -0.3 is 9.73 Å². The van der Waals surface area contributed by atoms with E-state index in [4.69, 9.17) is 4.42 Å². The average Bonchev–Trinajstić information content (AvgIpc) is 3.16. The van der Waals surface area contributed by atoms with Crippen molar-refractivity contribution < 1.29 is 9.21 Å². The molecule has 4 rings (SSSR count). The molecule has 7 nitrogen and oxygen atoms in total. The number of rotatable bonds is 4. The molecule has 2 N–H and O–H groups in total. The molecule has 0 bridgehead atoms. The topological polar surface area (TPSA) is 92.9 Å². The lowest BCUT2D eigenvalue weighted by Crippen LogP contribution is -2.39. The third-order valence-corrected chi connectivity index (χ3v) is 4.77. The SMILES string of the molecule is Cc1ccc2oc(=O)n(CCC(=O)NC3CCc4cn[nH]c4C3)c2c1. The predicted molar refractivity (Wildman–Crippen MR) is 92.4 cm³/mol. The Morgan fingerprint density at radius 3 is 3.24 bits per heavy atom. The first-order valence-electron chi connectivity index (χ1n) is 8.50. The monoisotopic (exact) mass is 340 g/mol. The number of H-pyrrole nitrogens is 1. The zero-order valence-corrected chi connectivity index (χ0v) is 14.0. The first-order valence-corrected chi connectivity index (χ1v) is 8.50. The third kappa shape index (κ3) is 3.09. The van der Waals surface area contributed by atoms with E-state index in [-0.39, 0.29) is 18.4 Å². The van der Waals surface area contributed by atoms with Gasteiger partial charge in [-0.15, -0.1) is 0 Å². The van der Waals surface area contributed by atoms with Crippen LogP contribution in [0.15, 0.2) is 33.6 Å². The Labute approximate surface area is 144 Å². The lowest BCUT2D eigenvalue weighted by Gasteiger charge is -2.22. The molecule has 1 amide bonds. The van der Waals surface area contributed by atoms with E-state index in [0.29, 0.717) is 12.1 Å². The molecule has 1 aromatic carbocycles. The molecule has 1 aliphatic rings.